The summed E-state index contributed by atoms with van der Waals surface area (Å²) in [5.74, 6) is 0. The van der Waals surface area contributed by atoms with Gasteiger partial charge in [-0.3, -0.25) is 10.1 Å². The van der Waals surface area contributed by atoms with Gasteiger partial charge in [0, 0.05) is 36.8 Å². The first-order chi connectivity index (χ1) is 12.4. The lowest BCUT2D eigenvalue weighted by atomic mass is 10.2. The van der Waals surface area contributed by atoms with Crippen molar-refractivity contribution < 1.29 is 13.3 Å². The van der Waals surface area contributed by atoms with Crippen molar-refractivity contribution in [3.63, 3.8) is 0 Å². The highest BCUT2D eigenvalue weighted by Gasteiger charge is 2.20. The number of rotatable bonds is 6. The molecule has 26 heavy (non-hydrogen) atoms. The highest BCUT2D eigenvalue weighted by Crippen LogP contribution is 2.22. The van der Waals surface area contributed by atoms with Gasteiger partial charge in [0.2, 0.25) is 10.0 Å². The summed E-state index contributed by atoms with van der Waals surface area (Å²) in [5, 5.41) is 10.9. The summed E-state index contributed by atoms with van der Waals surface area (Å²) >= 11 is 0. The minimum absolute atomic E-state index is 0.0780. The number of aryl methyl sites for hydroxylation is 1. The third-order valence-corrected chi connectivity index (χ3v) is 5.42. The zero-order valence-electron chi connectivity index (χ0n) is 13.9. The monoisotopic (exact) mass is 372 g/mol. The highest BCUT2D eigenvalue weighted by molar-refractivity contribution is 7.89. The second-order valence-corrected chi connectivity index (χ2v) is 7.40. The van der Waals surface area contributed by atoms with Crippen LogP contribution in [0.5, 0.6) is 0 Å². The molecule has 0 fully saturated rings. The maximum absolute atomic E-state index is 12.5. The minimum atomic E-state index is -3.87. The number of hydrogen-bond donors (Lipinski definition) is 1. The van der Waals surface area contributed by atoms with Gasteiger partial charge in [-0.1, -0.05) is 18.2 Å². The van der Waals surface area contributed by atoms with E-state index in [0.717, 1.165) is 17.3 Å². The standard InChI is InChI=1S/C17H16N4O4S/c1-13-2-5-16(21(22)23)10-17(13)26(24,25)19-11-14-3-6-15(7-4-14)20-9-8-18-12-20/h2-10,12,19H,11H2,1H3. The molecule has 9 heteroatoms. The maximum Gasteiger partial charge on any atom is 0.270 e. The van der Waals surface area contributed by atoms with Gasteiger partial charge in [-0.15, -0.1) is 0 Å². The van der Waals surface area contributed by atoms with Crippen LogP contribution in [0.3, 0.4) is 0 Å². The van der Waals surface area contributed by atoms with Crippen molar-refractivity contribution in [2.75, 3.05) is 0 Å². The van der Waals surface area contributed by atoms with E-state index in [9.17, 15) is 18.5 Å². The van der Waals surface area contributed by atoms with Gasteiger partial charge >= 0.3 is 0 Å². The largest absolute Gasteiger partial charge is 0.306 e. The topological polar surface area (TPSA) is 107 Å². The van der Waals surface area contributed by atoms with E-state index in [1.54, 1.807) is 31.6 Å². The van der Waals surface area contributed by atoms with E-state index in [2.05, 4.69) is 9.71 Å². The average molecular weight is 372 g/mol. The predicted molar refractivity (Wildman–Crippen MR) is 95.4 cm³/mol. The van der Waals surface area contributed by atoms with Crippen LogP contribution in [0.15, 0.2) is 66.1 Å². The Hall–Kier alpha value is -3.04. The van der Waals surface area contributed by atoms with Gasteiger partial charge in [0.05, 0.1) is 16.1 Å². The van der Waals surface area contributed by atoms with Crippen LogP contribution in [0.4, 0.5) is 5.69 Å². The van der Waals surface area contributed by atoms with Crippen LogP contribution in [0, 0.1) is 17.0 Å². The van der Waals surface area contributed by atoms with Crippen LogP contribution in [-0.4, -0.2) is 22.9 Å². The number of nitro groups is 1. The van der Waals surface area contributed by atoms with E-state index in [-0.39, 0.29) is 17.1 Å². The van der Waals surface area contributed by atoms with Crippen molar-refractivity contribution in [3.05, 3.63) is 82.4 Å². The zero-order valence-corrected chi connectivity index (χ0v) is 14.7. The van der Waals surface area contributed by atoms with Gasteiger partial charge in [0.1, 0.15) is 0 Å². The van der Waals surface area contributed by atoms with Crippen LogP contribution in [0.2, 0.25) is 0 Å². The van der Waals surface area contributed by atoms with Gasteiger partial charge in [-0.2, -0.15) is 0 Å². The number of nitrogens with zero attached hydrogens (tertiary/aromatic N) is 3. The van der Waals surface area contributed by atoms with Crippen molar-refractivity contribution in [3.8, 4) is 5.69 Å². The SMILES string of the molecule is Cc1ccc([N+](=O)[O-])cc1S(=O)(=O)NCc1ccc(-n2ccnc2)cc1. The number of imidazole rings is 1. The summed E-state index contributed by atoms with van der Waals surface area (Å²) < 4.78 is 29.3. The Kier molecular flexibility index (Phi) is 4.83. The Morgan fingerprint density at radius 2 is 1.92 bits per heavy atom. The predicted octanol–water partition coefficient (Wildman–Crippen LogP) is 2.57. The Bertz CT molecular complexity index is 1030. The highest BCUT2D eigenvalue weighted by atomic mass is 32.2. The van der Waals surface area contributed by atoms with Gasteiger partial charge in [-0.05, 0) is 30.2 Å². The Labute approximate surface area is 150 Å². The lowest BCUT2D eigenvalue weighted by Crippen LogP contribution is -2.24. The second-order valence-electron chi connectivity index (χ2n) is 5.67. The van der Waals surface area contributed by atoms with Gasteiger partial charge in [0.25, 0.3) is 5.69 Å². The number of nitro benzene ring substituents is 1. The smallest absolute Gasteiger partial charge is 0.270 e. The van der Waals surface area contributed by atoms with E-state index in [0.29, 0.717) is 5.56 Å². The van der Waals surface area contributed by atoms with Crippen LogP contribution in [-0.2, 0) is 16.6 Å². The summed E-state index contributed by atoms with van der Waals surface area (Å²) in [4.78, 5) is 14.1. The van der Waals surface area contributed by atoms with Crippen LogP contribution >= 0.6 is 0 Å². The summed E-state index contributed by atoms with van der Waals surface area (Å²) in [6.45, 7) is 1.67. The molecule has 0 saturated carbocycles. The van der Waals surface area contributed by atoms with Crippen LogP contribution in [0.1, 0.15) is 11.1 Å². The number of hydrogen-bond acceptors (Lipinski definition) is 5. The molecule has 0 aliphatic heterocycles. The molecule has 0 atom stereocenters. The first-order valence-corrected chi connectivity index (χ1v) is 9.17. The summed E-state index contributed by atoms with van der Waals surface area (Å²) in [6, 6.07) is 11.1. The van der Waals surface area contributed by atoms with Gasteiger partial charge < -0.3 is 4.57 Å². The lowest BCUT2D eigenvalue weighted by Gasteiger charge is -2.10. The fourth-order valence-corrected chi connectivity index (χ4v) is 3.73. The molecule has 3 aromatic rings. The van der Waals surface area contributed by atoms with Gasteiger partial charge in [0.15, 0.2) is 0 Å². The first-order valence-electron chi connectivity index (χ1n) is 7.69. The lowest BCUT2D eigenvalue weighted by molar-refractivity contribution is -0.385. The normalized spacial score (nSPS) is 11.4. The second kappa shape index (κ2) is 7.06. The third kappa shape index (κ3) is 3.79. The van der Waals surface area contributed by atoms with Crippen molar-refractivity contribution in [2.45, 2.75) is 18.4 Å². The number of aromatic nitrogens is 2. The molecule has 0 bridgehead atoms. The van der Waals surface area contributed by atoms with Crippen molar-refractivity contribution in [2.24, 2.45) is 0 Å². The van der Waals surface area contributed by atoms with E-state index in [1.807, 2.05) is 22.9 Å². The maximum atomic E-state index is 12.5. The summed E-state index contributed by atoms with van der Waals surface area (Å²) in [7, 11) is -3.87. The van der Waals surface area contributed by atoms with Crippen LogP contribution in [0.25, 0.3) is 5.69 Å². The van der Waals surface area contributed by atoms with E-state index in [1.165, 1.54) is 12.1 Å². The van der Waals surface area contributed by atoms with E-state index in [4.69, 9.17) is 0 Å². The molecular weight excluding hydrogens is 356 g/mol. The van der Waals surface area contributed by atoms with Gasteiger partial charge in [-0.25, -0.2) is 18.1 Å². The molecule has 0 radical (unpaired) electrons. The van der Waals surface area contributed by atoms with Crippen molar-refractivity contribution in [1.82, 2.24) is 14.3 Å². The van der Waals surface area contributed by atoms with E-state index >= 15 is 0 Å². The average Bonchev–Trinajstić information content (AvgIpc) is 3.15. The zero-order chi connectivity index (χ0) is 18.7. The number of nitrogens with one attached hydrogen (secondary N) is 1. The molecule has 0 amide bonds. The molecule has 0 aliphatic carbocycles. The molecule has 8 nitrogen and oxygen atoms in total. The Balaban J connectivity index is 1.76. The van der Waals surface area contributed by atoms with E-state index < -0.39 is 14.9 Å². The molecular formula is C17H16N4O4S. The fraction of sp³-hybridized carbons (Fsp3) is 0.118. The Morgan fingerprint density at radius 1 is 1.19 bits per heavy atom. The van der Waals surface area contributed by atoms with Crippen molar-refractivity contribution in [1.29, 1.82) is 0 Å². The molecule has 134 valence electrons. The molecule has 0 spiro atoms. The fourth-order valence-electron chi connectivity index (χ4n) is 2.45. The minimum Gasteiger partial charge on any atom is -0.306 e. The quantitative estimate of drug-likeness (QED) is 0.528. The number of sulfonamides is 1. The third-order valence-electron chi connectivity index (χ3n) is 3.88. The summed E-state index contributed by atoms with van der Waals surface area (Å²) in [6.07, 6.45) is 5.15. The molecule has 2 aromatic carbocycles. The molecule has 1 N–H and O–H groups in total. The number of non-ortho nitro benzene ring substituents is 1. The molecule has 0 aliphatic rings. The van der Waals surface area contributed by atoms with Crippen LogP contribution < -0.4 is 4.72 Å². The molecule has 1 aromatic heterocycles. The molecule has 0 unspecified atom stereocenters. The Morgan fingerprint density at radius 3 is 2.54 bits per heavy atom. The molecule has 3 rings (SSSR count). The number of benzene rings is 2. The molecule has 0 saturated heterocycles. The summed E-state index contributed by atoms with van der Waals surface area (Å²) in [5.41, 5.74) is 1.85. The van der Waals surface area contributed by atoms with Crippen molar-refractivity contribution >= 4 is 15.7 Å². The first kappa shape index (κ1) is 17.8. The molecule has 1 heterocycles.